The van der Waals surface area contributed by atoms with E-state index in [4.69, 9.17) is 10.5 Å². The average molecular weight is 287 g/mol. The lowest BCUT2D eigenvalue weighted by Gasteiger charge is -2.14. The van der Waals surface area contributed by atoms with Gasteiger partial charge >= 0.3 is 0 Å². The summed E-state index contributed by atoms with van der Waals surface area (Å²) in [4.78, 5) is 8.30. The highest BCUT2D eigenvalue weighted by Gasteiger charge is 2.23. The molecule has 2 rings (SSSR count). The number of nitrogens with zero attached hydrogens (tertiary/aromatic N) is 2. The van der Waals surface area contributed by atoms with Crippen LogP contribution in [-0.2, 0) is 4.74 Å². The first kappa shape index (κ1) is 11.6. The number of anilines is 2. The van der Waals surface area contributed by atoms with Crippen molar-refractivity contribution >= 4 is 27.7 Å². The number of hydrogen-bond donors (Lipinski definition) is 2. The molecule has 1 aliphatic rings. The van der Waals surface area contributed by atoms with Crippen molar-refractivity contribution in [2.45, 2.75) is 19.4 Å². The number of nitrogens with two attached hydrogens (primary N) is 1. The molecular weight excluding hydrogens is 272 g/mol. The minimum atomic E-state index is 0.303. The zero-order chi connectivity index (χ0) is 11.5. The third-order valence-corrected chi connectivity index (χ3v) is 3.18. The smallest absolute Gasteiger partial charge is 0.225 e. The molecule has 2 atom stereocenters. The Balaban J connectivity index is 1.94. The highest BCUT2D eigenvalue weighted by molar-refractivity contribution is 9.10. The average Bonchev–Trinajstić information content (AvgIpc) is 2.59. The van der Waals surface area contributed by atoms with Crippen LogP contribution in [0.2, 0.25) is 0 Å². The van der Waals surface area contributed by atoms with Gasteiger partial charge in [-0.3, -0.25) is 0 Å². The molecule has 2 heterocycles. The predicted octanol–water partition coefficient (Wildman–Crippen LogP) is 1.66. The molecular formula is C10H15BrN4O. The summed E-state index contributed by atoms with van der Waals surface area (Å²) in [6, 6.07) is 1.67. The highest BCUT2D eigenvalue weighted by Crippen LogP contribution is 2.21. The third kappa shape index (κ3) is 2.82. The fourth-order valence-electron chi connectivity index (χ4n) is 1.78. The molecule has 1 saturated heterocycles. The number of aromatic nitrogens is 2. The van der Waals surface area contributed by atoms with E-state index in [1.807, 2.05) is 0 Å². The van der Waals surface area contributed by atoms with E-state index in [-0.39, 0.29) is 0 Å². The normalized spacial score (nSPS) is 24.6. The van der Waals surface area contributed by atoms with Crippen LogP contribution in [0.3, 0.4) is 0 Å². The predicted molar refractivity (Wildman–Crippen MR) is 66.2 cm³/mol. The quantitative estimate of drug-likeness (QED) is 0.827. The van der Waals surface area contributed by atoms with Gasteiger partial charge in [0.15, 0.2) is 0 Å². The van der Waals surface area contributed by atoms with Crippen molar-refractivity contribution in [1.29, 1.82) is 0 Å². The van der Waals surface area contributed by atoms with Crippen molar-refractivity contribution in [3.63, 3.8) is 0 Å². The van der Waals surface area contributed by atoms with Crippen LogP contribution >= 0.6 is 15.9 Å². The fraction of sp³-hybridized carbons (Fsp3) is 0.600. The van der Waals surface area contributed by atoms with E-state index < -0.39 is 0 Å². The number of nitrogen functional groups attached to an aromatic ring is 1. The van der Waals surface area contributed by atoms with Crippen LogP contribution in [0, 0.1) is 5.92 Å². The van der Waals surface area contributed by atoms with Crippen molar-refractivity contribution in [3.05, 3.63) is 10.7 Å². The molecule has 1 aromatic rings. The molecule has 1 fully saturated rings. The van der Waals surface area contributed by atoms with Gasteiger partial charge in [0.25, 0.3) is 0 Å². The summed E-state index contributed by atoms with van der Waals surface area (Å²) >= 11 is 3.28. The first-order chi connectivity index (χ1) is 7.65. The number of nitrogens with one attached hydrogen (secondary N) is 1. The Morgan fingerprint density at radius 3 is 3.06 bits per heavy atom. The molecule has 16 heavy (non-hydrogen) atoms. The van der Waals surface area contributed by atoms with Crippen LogP contribution in [0.4, 0.5) is 11.8 Å². The lowest BCUT2D eigenvalue weighted by Crippen LogP contribution is -2.21. The topological polar surface area (TPSA) is 73.1 Å². The van der Waals surface area contributed by atoms with Crippen molar-refractivity contribution in [2.75, 3.05) is 24.2 Å². The van der Waals surface area contributed by atoms with Crippen LogP contribution < -0.4 is 11.1 Å². The summed E-state index contributed by atoms with van der Waals surface area (Å²) in [5.74, 6) is 1.54. The van der Waals surface area contributed by atoms with Gasteiger partial charge in [-0.1, -0.05) is 0 Å². The van der Waals surface area contributed by atoms with Crippen LogP contribution in [0.1, 0.15) is 13.3 Å². The van der Waals surface area contributed by atoms with Crippen LogP contribution in [0.25, 0.3) is 0 Å². The van der Waals surface area contributed by atoms with Crippen LogP contribution in [0.15, 0.2) is 10.7 Å². The molecule has 1 aliphatic heterocycles. The van der Waals surface area contributed by atoms with Gasteiger partial charge < -0.3 is 15.8 Å². The first-order valence-electron chi connectivity index (χ1n) is 5.30. The van der Waals surface area contributed by atoms with Gasteiger partial charge in [-0.25, -0.2) is 4.98 Å². The van der Waals surface area contributed by atoms with E-state index in [1.54, 1.807) is 6.07 Å². The van der Waals surface area contributed by atoms with Crippen LogP contribution in [-0.4, -0.2) is 29.2 Å². The Morgan fingerprint density at radius 1 is 1.62 bits per heavy atom. The van der Waals surface area contributed by atoms with Gasteiger partial charge in [-0.05, 0) is 29.3 Å². The maximum Gasteiger partial charge on any atom is 0.225 e. The van der Waals surface area contributed by atoms with Gasteiger partial charge in [0.05, 0.1) is 6.10 Å². The van der Waals surface area contributed by atoms with E-state index in [0.717, 1.165) is 19.6 Å². The molecule has 0 radical (unpaired) electrons. The third-order valence-electron chi connectivity index (χ3n) is 2.77. The number of rotatable bonds is 3. The second-order valence-corrected chi connectivity index (χ2v) is 4.76. The van der Waals surface area contributed by atoms with E-state index >= 15 is 0 Å². The molecule has 1 aromatic heterocycles. The Kier molecular flexibility index (Phi) is 3.60. The number of ether oxygens (including phenoxy) is 1. The Labute approximate surface area is 103 Å². The molecule has 88 valence electrons. The van der Waals surface area contributed by atoms with Gasteiger partial charge in [0.2, 0.25) is 5.95 Å². The molecule has 6 heteroatoms. The summed E-state index contributed by atoms with van der Waals surface area (Å²) in [7, 11) is 0. The summed E-state index contributed by atoms with van der Waals surface area (Å²) < 4.78 is 6.18. The lowest BCUT2D eigenvalue weighted by atomic mass is 10.0. The fourth-order valence-corrected chi connectivity index (χ4v) is 2.18. The summed E-state index contributed by atoms with van der Waals surface area (Å²) in [5, 5.41) is 3.19. The molecule has 5 nitrogen and oxygen atoms in total. The molecule has 2 unspecified atom stereocenters. The largest absolute Gasteiger partial charge is 0.383 e. The van der Waals surface area contributed by atoms with E-state index in [0.29, 0.717) is 28.4 Å². The molecule has 0 spiro atoms. The standard InChI is InChI=1S/C10H15BrN4O/c1-6-7(2-3-16-6)5-13-10-14-8(11)4-9(12)15-10/h4,6-7H,2-3,5H2,1H3,(H3,12,13,14,15). The van der Waals surface area contributed by atoms with Gasteiger partial charge in [0.1, 0.15) is 10.4 Å². The second kappa shape index (κ2) is 4.97. The van der Waals surface area contributed by atoms with Gasteiger partial charge in [0, 0.05) is 25.1 Å². The summed E-state index contributed by atoms with van der Waals surface area (Å²) in [6.45, 7) is 3.75. The lowest BCUT2D eigenvalue weighted by molar-refractivity contribution is 0.108. The Bertz CT molecular complexity index is 354. The maximum atomic E-state index is 5.62. The van der Waals surface area contributed by atoms with Gasteiger partial charge in [-0.2, -0.15) is 4.98 Å². The minimum Gasteiger partial charge on any atom is -0.383 e. The van der Waals surface area contributed by atoms with Crippen LogP contribution in [0.5, 0.6) is 0 Å². The van der Waals surface area contributed by atoms with E-state index in [1.165, 1.54) is 0 Å². The minimum absolute atomic E-state index is 0.303. The van der Waals surface area contributed by atoms with E-state index in [9.17, 15) is 0 Å². The van der Waals surface area contributed by atoms with Crippen molar-refractivity contribution in [2.24, 2.45) is 5.92 Å². The SMILES string of the molecule is CC1OCCC1CNc1nc(N)cc(Br)n1. The molecule has 0 amide bonds. The zero-order valence-corrected chi connectivity index (χ0v) is 10.7. The van der Waals surface area contributed by atoms with Crippen molar-refractivity contribution in [1.82, 2.24) is 9.97 Å². The first-order valence-corrected chi connectivity index (χ1v) is 6.10. The van der Waals surface area contributed by atoms with Crippen molar-refractivity contribution < 1.29 is 4.74 Å². The molecule has 3 N–H and O–H groups in total. The summed E-state index contributed by atoms with van der Waals surface area (Å²) in [5.41, 5.74) is 5.62. The highest BCUT2D eigenvalue weighted by atomic mass is 79.9. The number of halogens is 1. The van der Waals surface area contributed by atoms with E-state index in [2.05, 4.69) is 38.1 Å². The zero-order valence-electron chi connectivity index (χ0n) is 9.11. The number of hydrogen-bond acceptors (Lipinski definition) is 5. The molecule has 0 bridgehead atoms. The monoisotopic (exact) mass is 286 g/mol. The Hall–Kier alpha value is -0.880. The molecule has 0 saturated carbocycles. The molecule has 0 aliphatic carbocycles. The maximum absolute atomic E-state index is 5.62. The van der Waals surface area contributed by atoms with Gasteiger partial charge in [-0.15, -0.1) is 0 Å². The summed E-state index contributed by atoms with van der Waals surface area (Å²) in [6.07, 6.45) is 1.38. The molecule has 0 aromatic carbocycles. The Morgan fingerprint density at radius 2 is 2.44 bits per heavy atom. The second-order valence-electron chi connectivity index (χ2n) is 3.94. The van der Waals surface area contributed by atoms with Crippen molar-refractivity contribution in [3.8, 4) is 0 Å².